The van der Waals surface area contributed by atoms with E-state index in [-0.39, 0.29) is 24.0 Å². The average Bonchev–Trinajstić information content (AvgIpc) is 3.35. The summed E-state index contributed by atoms with van der Waals surface area (Å²) in [5, 5.41) is 6.85. The smallest absolute Gasteiger partial charge is 0.314 e. The third kappa shape index (κ3) is 5.82. The average molecular weight is 488 g/mol. The quantitative estimate of drug-likeness (QED) is 0.414. The predicted octanol–water partition coefficient (Wildman–Crippen LogP) is 4.50. The van der Waals surface area contributed by atoms with Gasteiger partial charge in [-0.3, -0.25) is 4.79 Å². The van der Waals surface area contributed by atoms with Gasteiger partial charge in [0.1, 0.15) is 5.82 Å². The number of alkyl halides is 2. The molecule has 0 unspecified atom stereocenters. The lowest BCUT2D eigenvalue weighted by Crippen LogP contribution is -2.42. The Morgan fingerprint density at radius 2 is 1.86 bits per heavy atom. The van der Waals surface area contributed by atoms with Gasteiger partial charge in [-0.25, -0.2) is 4.39 Å². The molecule has 1 aliphatic rings. The fraction of sp³-hybridized carbons (Fsp3) is 0.400. The molecule has 2 aromatic carbocycles. The molecular formula is C25H28F3N5O2. The zero-order valence-corrected chi connectivity index (χ0v) is 19.7. The number of nitrogens with zero attached hydrogens (tertiary/aromatic N) is 5. The van der Waals surface area contributed by atoms with Crippen LogP contribution in [-0.2, 0) is 17.9 Å². The summed E-state index contributed by atoms with van der Waals surface area (Å²) in [6.45, 7) is 2.66. The molecule has 0 bridgehead atoms. The number of benzene rings is 2. The van der Waals surface area contributed by atoms with E-state index in [1.807, 2.05) is 41.1 Å². The zero-order valence-electron chi connectivity index (χ0n) is 19.7. The summed E-state index contributed by atoms with van der Waals surface area (Å²) in [5.41, 5.74) is 2.52. The molecule has 0 radical (unpaired) electrons. The Morgan fingerprint density at radius 3 is 2.51 bits per heavy atom. The van der Waals surface area contributed by atoms with E-state index in [2.05, 4.69) is 22.1 Å². The minimum atomic E-state index is -2.89. The van der Waals surface area contributed by atoms with Gasteiger partial charge in [0, 0.05) is 43.0 Å². The van der Waals surface area contributed by atoms with Crippen molar-refractivity contribution < 1.29 is 22.4 Å². The van der Waals surface area contributed by atoms with Gasteiger partial charge in [0.15, 0.2) is 0 Å². The molecule has 1 amide bonds. The molecule has 35 heavy (non-hydrogen) atoms. The van der Waals surface area contributed by atoms with Crippen LogP contribution < -0.4 is 4.90 Å². The number of aromatic nitrogens is 2. The van der Waals surface area contributed by atoms with Gasteiger partial charge in [-0.1, -0.05) is 24.3 Å². The fourth-order valence-electron chi connectivity index (χ4n) is 4.38. The number of hydrogen-bond acceptors (Lipinski definition) is 6. The second kappa shape index (κ2) is 10.9. The highest BCUT2D eigenvalue weighted by Gasteiger charge is 2.23. The number of amides is 1. The Morgan fingerprint density at radius 1 is 1.11 bits per heavy atom. The summed E-state index contributed by atoms with van der Waals surface area (Å²) in [4.78, 5) is 17.9. The number of halogens is 3. The third-order valence-electron chi connectivity index (χ3n) is 6.38. The second-order valence-electron chi connectivity index (χ2n) is 8.85. The van der Waals surface area contributed by atoms with E-state index in [0.29, 0.717) is 12.1 Å². The molecule has 2 heterocycles. The molecule has 7 nitrogen and oxygen atoms in total. The zero-order chi connectivity index (χ0) is 24.9. The monoisotopic (exact) mass is 487 g/mol. The lowest BCUT2D eigenvalue weighted by Gasteiger charge is -2.36. The minimum absolute atomic E-state index is 0.160. The van der Waals surface area contributed by atoms with E-state index in [1.54, 1.807) is 12.1 Å². The number of hydrogen-bond donors (Lipinski definition) is 0. The molecule has 4 rings (SSSR count). The summed E-state index contributed by atoms with van der Waals surface area (Å²) in [6.07, 6.45) is -0.0983. The number of para-hydroxylation sites is 1. The fourth-order valence-corrected chi connectivity index (χ4v) is 4.38. The van der Waals surface area contributed by atoms with E-state index in [1.165, 1.54) is 6.07 Å². The Labute approximate surface area is 202 Å². The van der Waals surface area contributed by atoms with Crippen LogP contribution in [0.3, 0.4) is 0 Å². The van der Waals surface area contributed by atoms with E-state index in [4.69, 9.17) is 4.42 Å². The van der Waals surface area contributed by atoms with Crippen LogP contribution in [-0.4, -0.2) is 59.6 Å². The number of carbonyl (C=O) groups is 1. The molecule has 186 valence electrons. The van der Waals surface area contributed by atoms with Gasteiger partial charge >= 0.3 is 6.43 Å². The molecular weight excluding hydrogens is 459 g/mol. The second-order valence-corrected chi connectivity index (χ2v) is 8.85. The van der Waals surface area contributed by atoms with Crippen molar-refractivity contribution >= 4 is 12.1 Å². The van der Waals surface area contributed by atoms with Crippen LogP contribution in [0.4, 0.5) is 18.9 Å². The molecule has 0 saturated carbocycles. The van der Waals surface area contributed by atoms with Crippen molar-refractivity contribution in [3.05, 3.63) is 65.3 Å². The number of piperidine rings is 1. The first-order valence-electron chi connectivity index (χ1n) is 11.4. The molecule has 1 saturated heterocycles. The van der Waals surface area contributed by atoms with Gasteiger partial charge in [0.05, 0.1) is 0 Å². The summed E-state index contributed by atoms with van der Waals surface area (Å²) in [7, 11) is 3.94. The Hall–Kier alpha value is -3.40. The van der Waals surface area contributed by atoms with Crippen molar-refractivity contribution in [2.75, 3.05) is 32.1 Å². The molecule has 1 fully saturated rings. The first-order valence-corrected chi connectivity index (χ1v) is 11.4. The van der Waals surface area contributed by atoms with Crippen LogP contribution in [0.2, 0.25) is 0 Å². The maximum Gasteiger partial charge on any atom is 0.314 e. The number of rotatable bonds is 9. The Bertz CT molecular complexity index is 1150. The van der Waals surface area contributed by atoms with Gasteiger partial charge in [-0.05, 0) is 56.7 Å². The highest BCUT2D eigenvalue weighted by atomic mass is 19.3. The normalized spacial score (nSPS) is 14.9. The highest BCUT2D eigenvalue weighted by molar-refractivity contribution is 5.57. The largest absolute Gasteiger partial charge is 0.415 e. The van der Waals surface area contributed by atoms with Crippen LogP contribution in [0, 0.1) is 5.82 Å². The van der Waals surface area contributed by atoms with Gasteiger partial charge in [-0.2, -0.15) is 8.78 Å². The van der Waals surface area contributed by atoms with Gasteiger partial charge in [0.2, 0.25) is 12.3 Å². The topological polar surface area (TPSA) is 65.7 Å². The maximum atomic E-state index is 14.9. The Balaban J connectivity index is 1.48. The predicted molar refractivity (Wildman–Crippen MR) is 125 cm³/mol. The molecule has 1 aromatic heterocycles. The van der Waals surface area contributed by atoms with Crippen molar-refractivity contribution in [2.45, 2.75) is 38.4 Å². The molecule has 3 aromatic rings. The van der Waals surface area contributed by atoms with Crippen LogP contribution in [0.1, 0.15) is 36.3 Å². The number of anilines is 1. The summed E-state index contributed by atoms with van der Waals surface area (Å²) < 4.78 is 45.2. The van der Waals surface area contributed by atoms with Crippen LogP contribution in [0.15, 0.2) is 46.9 Å². The van der Waals surface area contributed by atoms with Crippen molar-refractivity contribution in [1.82, 2.24) is 20.0 Å². The van der Waals surface area contributed by atoms with Crippen molar-refractivity contribution in [3.63, 3.8) is 0 Å². The molecule has 10 heteroatoms. The van der Waals surface area contributed by atoms with E-state index >= 15 is 0 Å². The first kappa shape index (κ1) is 24.7. The molecule has 0 aliphatic carbocycles. The standard InChI is InChI=1S/C25H28F3N5O2/c1-31-11-9-20(10-12-31)33(16-34)15-19-5-3-4-6-22(19)32(2)14-18-8-7-17(13-21(18)26)24-29-30-25(35-24)23(27)28/h3-8,13,16,20,23H,9-12,14-15H2,1-2H3. The summed E-state index contributed by atoms with van der Waals surface area (Å²) >= 11 is 0. The lowest BCUT2D eigenvalue weighted by atomic mass is 10.0. The third-order valence-corrected chi connectivity index (χ3v) is 6.38. The van der Waals surface area contributed by atoms with Gasteiger partial charge in [0.25, 0.3) is 5.89 Å². The SMILES string of the molecule is CN1CCC(N(C=O)Cc2ccccc2N(C)Cc2ccc(-c3nnc(C(F)F)o3)cc2F)CC1. The summed E-state index contributed by atoms with van der Waals surface area (Å²) in [5.74, 6) is -1.47. The lowest BCUT2D eigenvalue weighted by molar-refractivity contribution is -0.121. The number of carbonyl (C=O) groups excluding carboxylic acids is 1. The first-order chi connectivity index (χ1) is 16.9. The molecule has 0 spiro atoms. The van der Waals surface area contributed by atoms with Gasteiger partial charge < -0.3 is 19.1 Å². The maximum absolute atomic E-state index is 14.9. The van der Waals surface area contributed by atoms with Gasteiger partial charge in [-0.15, -0.1) is 10.2 Å². The summed E-state index contributed by atoms with van der Waals surface area (Å²) in [6, 6.07) is 12.3. The van der Waals surface area contributed by atoms with Crippen molar-refractivity contribution in [1.29, 1.82) is 0 Å². The minimum Gasteiger partial charge on any atom is -0.415 e. The van der Waals surface area contributed by atoms with Crippen LogP contribution in [0.25, 0.3) is 11.5 Å². The highest BCUT2D eigenvalue weighted by Crippen LogP contribution is 2.28. The van der Waals surface area contributed by atoms with E-state index < -0.39 is 18.1 Å². The molecule has 1 aliphatic heterocycles. The van der Waals surface area contributed by atoms with Crippen molar-refractivity contribution in [3.8, 4) is 11.5 Å². The number of likely N-dealkylation sites (tertiary alicyclic amines) is 1. The van der Waals surface area contributed by atoms with E-state index in [0.717, 1.165) is 43.6 Å². The molecule has 0 atom stereocenters. The van der Waals surface area contributed by atoms with E-state index in [9.17, 15) is 18.0 Å². The van der Waals surface area contributed by atoms with Crippen LogP contribution in [0.5, 0.6) is 0 Å². The van der Waals surface area contributed by atoms with Crippen molar-refractivity contribution in [2.24, 2.45) is 0 Å². The Kier molecular flexibility index (Phi) is 7.70. The van der Waals surface area contributed by atoms with Crippen LogP contribution >= 0.6 is 0 Å². The molecule has 0 N–H and O–H groups in total.